The highest BCUT2D eigenvalue weighted by Crippen LogP contribution is 2.25. The summed E-state index contributed by atoms with van der Waals surface area (Å²) in [4.78, 5) is 27.0. The van der Waals surface area contributed by atoms with Crippen LogP contribution in [0.2, 0.25) is 0 Å². The van der Waals surface area contributed by atoms with E-state index >= 15 is 0 Å². The minimum absolute atomic E-state index is 0.411. The summed E-state index contributed by atoms with van der Waals surface area (Å²) in [5.74, 6) is 1.81. The van der Waals surface area contributed by atoms with Crippen LogP contribution in [-0.4, -0.2) is 35.8 Å². The van der Waals surface area contributed by atoms with E-state index < -0.39 is 11.2 Å². The molecule has 1 N–H and O–H groups in total. The molecule has 0 unspecified atom stereocenters. The fourth-order valence-electron chi connectivity index (χ4n) is 3.20. The van der Waals surface area contributed by atoms with E-state index in [9.17, 15) is 9.59 Å². The lowest BCUT2D eigenvalue weighted by atomic mass is 10.2. The van der Waals surface area contributed by atoms with Crippen molar-refractivity contribution in [2.24, 2.45) is 7.05 Å². The number of aryl methyl sites for hydroxylation is 2. The molecule has 1 aromatic carbocycles. The molecule has 134 valence electrons. The smallest absolute Gasteiger partial charge is 0.329 e. The van der Waals surface area contributed by atoms with Crippen molar-refractivity contribution >= 4 is 16.9 Å². The number of H-pyrrole nitrogens is 1. The number of fused-ring (bicyclic) bond motifs is 3. The van der Waals surface area contributed by atoms with Crippen LogP contribution < -0.4 is 16.0 Å². The molecule has 3 aromatic heterocycles. The van der Waals surface area contributed by atoms with E-state index in [-0.39, 0.29) is 0 Å². The number of ether oxygens (including phenoxy) is 1. The number of benzene rings is 1. The van der Waals surface area contributed by atoms with E-state index in [1.165, 1.54) is 4.57 Å². The van der Waals surface area contributed by atoms with E-state index in [1.807, 2.05) is 31.2 Å². The zero-order valence-electron chi connectivity index (χ0n) is 14.7. The summed E-state index contributed by atoms with van der Waals surface area (Å²) < 4.78 is 10.2. The molecule has 9 nitrogen and oxygen atoms in total. The average molecular weight is 354 g/mol. The highest BCUT2D eigenvalue weighted by Gasteiger charge is 2.22. The number of imidazole rings is 1. The van der Waals surface area contributed by atoms with Crippen molar-refractivity contribution in [2.45, 2.75) is 19.9 Å². The number of hydrogen-bond acceptors (Lipinski definition) is 5. The van der Waals surface area contributed by atoms with E-state index in [0.717, 1.165) is 17.7 Å². The molecule has 0 saturated heterocycles. The maximum atomic E-state index is 12.5. The van der Waals surface area contributed by atoms with Gasteiger partial charge in [0.1, 0.15) is 5.75 Å². The van der Waals surface area contributed by atoms with Crippen LogP contribution in [-0.2, 0) is 13.6 Å². The topological polar surface area (TPSA) is 99.2 Å². The second-order valence-electron chi connectivity index (χ2n) is 6.03. The van der Waals surface area contributed by atoms with Gasteiger partial charge in [0.2, 0.25) is 5.78 Å². The fraction of sp³-hybridized carbons (Fsp3) is 0.294. The Labute approximate surface area is 147 Å². The Bertz CT molecular complexity index is 1230. The van der Waals surface area contributed by atoms with Gasteiger partial charge in [0.25, 0.3) is 5.56 Å². The van der Waals surface area contributed by atoms with Crippen molar-refractivity contribution in [1.29, 1.82) is 0 Å². The Balaban J connectivity index is 2.14. The molecule has 0 saturated carbocycles. The van der Waals surface area contributed by atoms with E-state index in [0.29, 0.717) is 29.3 Å². The first-order chi connectivity index (χ1) is 12.6. The van der Waals surface area contributed by atoms with Crippen LogP contribution in [0.15, 0.2) is 33.9 Å². The van der Waals surface area contributed by atoms with E-state index in [2.05, 4.69) is 15.2 Å². The van der Waals surface area contributed by atoms with Gasteiger partial charge in [-0.2, -0.15) is 0 Å². The molecular formula is C17H18N6O3. The molecule has 4 rings (SSSR count). The predicted octanol–water partition coefficient (Wildman–Crippen LogP) is 1.16. The van der Waals surface area contributed by atoms with Crippen LogP contribution in [0.1, 0.15) is 13.3 Å². The number of aromatic nitrogens is 6. The molecule has 0 fully saturated rings. The zero-order valence-corrected chi connectivity index (χ0v) is 14.7. The van der Waals surface area contributed by atoms with Gasteiger partial charge in [-0.3, -0.25) is 14.3 Å². The minimum atomic E-state index is -0.479. The highest BCUT2D eigenvalue weighted by molar-refractivity contribution is 5.79. The van der Waals surface area contributed by atoms with E-state index in [1.54, 1.807) is 23.1 Å². The van der Waals surface area contributed by atoms with Gasteiger partial charge in [0.15, 0.2) is 17.0 Å². The summed E-state index contributed by atoms with van der Waals surface area (Å²) in [5.41, 5.74) is 0.781. The van der Waals surface area contributed by atoms with Crippen LogP contribution in [0.5, 0.6) is 5.75 Å². The molecule has 26 heavy (non-hydrogen) atoms. The molecule has 0 amide bonds. The monoisotopic (exact) mass is 354 g/mol. The largest absolute Gasteiger partial charge is 0.497 e. The number of nitrogens with zero attached hydrogens (tertiary/aromatic N) is 5. The van der Waals surface area contributed by atoms with Gasteiger partial charge in [0.05, 0.1) is 7.11 Å². The Morgan fingerprint density at radius 3 is 2.54 bits per heavy atom. The summed E-state index contributed by atoms with van der Waals surface area (Å²) in [6, 6.07) is 7.38. The highest BCUT2D eigenvalue weighted by atomic mass is 16.5. The predicted molar refractivity (Wildman–Crippen MR) is 96.6 cm³/mol. The minimum Gasteiger partial charge on any atom is -0.497 e. The number of aromatic amines is 1. The fourth-order valence-corrected chi connectivity index (χ4v) is 3.20. The SMILES string of the molecule is CCCn1c2c(=O)[nH]c(=O)n(C)c2n2c(-c3ccc(OC)cc3)nnc12. The summed E-state index contributed by atoms with van der Waals surface area (Å²) in [5, 5.41) is 8.58. The summed E-state index contributed by atoms with van der Waals surface area (Å²) >= 11 is 0. The molecule has 0 aliphatic heterocycles. The standard InChI is InChI=1S/C17H18N6O3/c1-4-9-22-12-14(24)18-17(25)21(2)15(12)23-13(19-20-16(22)23)10-5-7-11(26-3)8-6-10/h5-8H,4,9H2,1-3H3,(H,18,24,25). The Morgan fingerprint density at radius 1 is 1.15 bits per heavy atom. The van der Waals surface area contributed by atoms with Crippen molar-refractivity contribution in [3.05, 3.63) is 45.1 Å². The first-order valence-corrected chi connectivity index (χ1v) is 8.27. The molecule has 0 bridgehead atoms. The average Bonchev–Trinajstić information content (AvgIpc) is 3.20. The molecular weight excluding hydrogens is 336 g/mol. The van der Waals surface area contributed by atoms with Crippen LogP contribution in [0.25, 0.3) is 28.3 Å². The lowest BCUT2D eigenvalue weighted by Crippen LogP contribution is -2.29. The summed E-state index contributed by atoms with van der Waals surface area (Å²) in [7, 11) is 3.22. The third-order valence-corrected chi connectivity index (χ3v) is 4.43. The third-order valence-electron chi connectivity index (χ3n) is 4.43. The normalized spacial score (nSPS) is 11.5. The third kappa shape index (κ3) is 2.17. The molecule has 0 atom stereocenters. The first kappa shape index (κ1) is 16.1. The number of methoxy groups -OCH3 is 1. The molecule has 3 heterocycles. The van der Waals surface area contributed by atoms with Gasteiger partial charge in [0, 0.05) is 19.2 Å². The summed E-state index contributed by atoms with van der Waals surface area (Å²) in [6.07, 6.45) is 0.812. The zero-order chi connectivity index (χ0) is 18.4. The van der Waals surface area contributed by atoms with Crippen molar-refractivity contribution in [1.82, 2.24) is 28.7 Å². The van der Waals surface area contributed by atoms with Crippen molar-refractivity contribution in [2.75, 3.05) is 7.11 Å². The number of rotatable bonds is 4. The van der Waals surface area contributed by atoms with Gasteiger partial charge in [-0.25, -0.2) is 9.20 Å². The van der Waals surface area contributed by atoms with Crippen LogP contribution in [0, 0.1) is 0 Å². The number of hydrogen-bond donors (Lipinski definition) is 1. The molecule has 0 aliphatic rings. The molecule has 4 aromatic rings. The molecule has 0 spiro atoms. The Morgan fingerprint density at radius 2 is 1.88 bits per heavy atom. The van der Waals surface area contributed by atoms with Gasteiger partial charge in [-0.05, 0) is 30.7 Å². The summed E-state index contributed by atoms with van der Waals surface area (Å²) in [6.45, 7) is 2.61. The number of nitrogens with one attached hydrogen (secondary N) is 1. The lowest BCUT2D eigenvalue weighted by molar-refractivity contribution is 0.415. The van der Waals surface area contributed by atoms with Crippen LogP contribution >= 0.6 is 0 Å². The van der Waals surface area contributed by atoms with Gasteiger partial charge in [-0.1, -0.05) is 6.92 Å². The molecule has 9 heteroatoms. The second-order valence-corrected chi connectivity index (χ2v) is 6.03. The molecule has 0 aliphatic carbocycles. The van der Waals surface area contributed by atoms with Crippen LogP contribution in [0.4, 0.5) is 0 Å². The van der Waals surface area contributed by atoms with Gasteiger partial charge < -0.3 is 9.30 Å². The van der Waals surface area contributed by atoms with Crippen LogP contribution in [0.3, 0.4) is 0 Å². The maximum Gasteiger partial charge on any atom is 0.329 e. The quantitative estimate of drug-likeness (QED) is 0.593. The maximum absolute atomic E-state index is 12.5. The Kier molecular flexibility index (Phi) is 3.64. The van der Waals surface area contributed by atoms with Crippen molar-refractivity contribution in [3.63, 3.8) is 0 Å². The van der Waals surface area contributed by atoms with Gasteiger partial charge in [-0.15, -0.1) is 10.2 Å². The molecule has 0 radical (unpaired) electrons. The Hall–Kier alpha value is -3.36. The van der Waals surface area contributed by atoms with Gasteiger partial charge >= 0.3 is 5.69 Å². The lowest BCUT2D eigenvalue weighted by Gasteiger charge is -2.04. The van der Waals surface area contributed by atoms with Crippen molar-refractivity contribution < 1.29 is 4.74 Å². The second kappa shape index (κ2) is 5.87. The first-order valence-electron chi connectivity index (χ1n) is 8.27. The van der Waals surface area contributed by atoms with E-state index in [4.69, 9.17) is 4.74 Å². The van der Waals surface area contributed by atoms with Crippen molar-refractivity contribution in [3.8, 4) is 17.1 Å².